The maximum Gasteiger partial charge on any atom is 0.146 e. The fourth-order valence-corrected chi connectivity index (χ4v) is 6.76. The summed E-state index contributed by atoms with van der Waals surface area (Å²) in [6, 6.07) is 39.7. The molecule has 0 bridgehead atoms. The summed E-state index contributed by atoms with van der Waals surface area (Å²) in [5, 5.41) is 7.45. The van der Waals surface area contributed by atoms with Gasteiger partial charge in [0.1, 0.15) is 5.65 Å². The summed E-state index contributed by atoms with van der Waals surface area (Å²) in [5.41, 5.74) is 9.07. The second-order valence-electron chi connectivity index (χ2n) is 12.7. The van der Waals surface area contributed by atoms with E-state index in [4.69, 9.17) is 9.97 Å². The average Bonchev–Trinajstić information content (AvgIpc) is 3.39. The second-order valence-corrected chi connectivity index (χ2v) is 12.7. The molecule has 8 aromatic rings. The molecule has 3 nitrogen and oxygen atoms in total. The minimum atomic E-state index is -0.124. The van der Waals surface area contributed by atoms with Crippen molar-refractivity contribution in [3.8, 4) is 0 Å². The molecule has 0 aliphatic rings. The lowest BCUT2D eigenvalue weighted by Gasteiger charge is -2.24. The molecule has 3 heterocycles. The molecule has 0 saturated heterocycles. The van der Waals surface area contributed by atoms with E-state index in [1.165, 1.54) is 49.0 Å². The number of hydrogen-bond acceptors (Lipinski definition) is 2. The zero-order valence-electron chi connectivity index (χ0n) is 24.5. The molecule has 0 radical (unpaired) electrons. The van der Waals surface area contributed by atoms with Crippen molar-refractivity contribution in [3.63, 3.8) is 0 Å². The number of benzene rings is 5. The lowest BCUT2D eigenvalue weighted by molar-refractivity contribution is 0.507. The van der Waals surface area contributed by atoms with Crippen molar-refractivity contribution in [2.24, 2.45) is 0 Å². The summed E-state index contributed by atoms with van der Waals surface area (Å²) in [7, 11) is 0. The van der Waals surface area contributed by atoms with Crippen molar-refractivity contribution in [2.45, 2.75) is 45.4 Å². The van der Waals surface area contributed by atoms with Crippen molar-refractivity contribution in [1.29, 1.82) is 0 Å². The van der Waals surface area contributed by atoms with Crippen LogP contribution in [-0.2, 0) is 11.8 Å². The van der Waals surface area contributed by atoms with Crippen molar-refractivity contribution < 1.29 is 0 Å². The van der Waals surface area contributed by atoms with Crippen LogP contribution in [0, 0.1) is 0 Å². The number of fused-ring (bicyclic) bond motifs is 11. The number of aromatic nitrogens is 3. The fourth-order valence-electron chi connectivity index (χ4n) is 6.76. The molecule has 0 fully saturated rings. The largest absolute Gasteiger partial charge is 0.292 e. The summed E-state index contributed by atoms with van der Waals surface area (Å²) >= 11 is 0. The number of nitrogens with zero attached hydrogens (tertiary/aromatic N) is 3. The molecule has 0 amide bonds. The van der Waals surface area contributed by atoms with Gasteiger partial charge in [0, 0.05) is 32.7 Å². The van der Waals surface area contributed by atoms with Crippen LogP contribution in [0.15, 0.2) is 109 Å². The highest BCUT2D eigenvalue weighted by molar-refractivity contribution is 6.24. The fraction of sp³-hybridized carbons (Fsp3) is 0.179. The van der Waals surface area contributed by atoms with Gasteiger partial charge in [-0.25, -0.2) is 4.98 Å². The van der Waals surface area contributed by atoms with Gasteiger partial charge in [-0.2, -0.15) is 0 Å². The molecule has 8 rings (SSSR count). The van der Waals surface area contributed by atoms with E-state index in [9.17, 15) is 0 Å². The molecule has 5 aromatic carbocycles. The van der Waals surface area contributed by atoms with E-state index < -0.39 is 0 Å². The maximum atomic E-state index is 5.33. The highest BCUT2D eigenvalue weighted by Crippen LogP contribution is 2.38. The monoisotopic (exact) mass is 543 g/mol. The van der Waals surface area contributed by atoms with Gasteiger partial charge in [-0.3, -0.25) is 9.38 Å². The number of para-hydroxylation sites is 1. The Labute approximate surface area is 245 Å². The Hall–Kier alpha value is -4.76. The Morgan fingerprint density at radius 2 is 1.40 bits per heavy atom. The molecule has 42 heavy (non-hydrogen) atoms. The predicted molar refractivity (Wildman–Crippen MR) is 178 cm³/mol. The predicted octanol–water partition coefficient (Wildman–Crippen LogP) is 10.1. The Morgan fingerprint density at radius 3 is 2.26 bits per heavy atom. The van der Waals surface area contributed by atoms with E-state index in [1.54, 1.807) is 0 Å². The molecule has 0 aliphatic carbocycles. The van der Waals surface area contributed by atoms with E-state index in [2.05, 4.69) is 141 Å². The quantitative estimate of drug-likeness (QED) is 0.207. The Bertz CT molecular complexity index is 2340. The van der Waals surface area contributed by atoms with E-state index in [-0.39, 0.29) is 5.41 Å². The van der Waals surface area contributed by atoms with Crippen molar-refractivity contribution in [3.05, 3.63) is 126 Å². The van der Waals surface area contributed by atoms with Crippen LogP contribution in [0.3, 0.4) is 0 Å². The first kappa shape index (κ1) is 25.0. The van der Waals surface area contributed by atoms with Gasteiger partial charge in [-0.1, -0.05) is 100 Å². The smallest absolute Gasteiger partial charge is 0.146 e. The molecule has 0 spiro atoms. The first-order valence-corrected chi connectivity index (χ1v) is 14.9. The number of imidazole rings is 1. The van der Waals surface area contributed by atoms with E-state index >= 15 is 0 Å². The Balaban J connectivity index is 1.34. The highest BCUT2D eigenvalue weighted by Gasteiger charge is 2.24. The lowest BCUT2D eigenvalue weighted by Crippen LogP contribution is -2.22. The van der Waals surface area contributed by atoms with Crippen LogP contribution in [0.5, 0.6) is 0 Å². The maximum absolute atomic E-state index is 5.33. The average molecular weight is 544 g/mol. The van der Waals surface area contributed by atoms with Crippen LogP contribution in [-0.4, -0.2) is 14.4 Å². The normalized spacial score (nSPS) is 12.6. The Morgan fingerprint density at radius 1 is 0.643 bits per heavy atom. The van der Waals surface area contributed by atoms with Crippen molar-refractivity contribution in [1.82, 2.24) is 14.4 Å². The summed E-state index contributed by atoms with van der Waals surface area (Å²) in [4.78, 5) is 10.4. The summed E-state index contributed by atoms with van der Waals surface area (Å²) < 4.78 is 2.38. The van der Waals surface area contributed by atoms with Gasteiger partial charge >= 0.3 is 0 Å². The van der Waals surface area contributed by atoms with Crippen LogP contribution in [0.25, 0.3) is 60.0 Å². The SMILES string of the molecule is CC(C)c1ccc2c3c4ccccc4ccc3c3nc4cc(CC(C)(C)c5ccc6ccccc6n5)ccc4n3c2c1. The molecule has 0 N–H and O–H groups in total. The van der Waals surface area contributed by atoms with E-state index in [0.29, 0.717) is 5.92 Å². The van der Waals surface area contributed by atoms with Crippen LogP contribution in [0.4, 0.5) is 0 Å². The van der Waals surface area contributed by atoms with Gasteiger partial charge in [-0.15, -0.1) is 0 Å². The third-order valence-electron chi connectivity index (χ3n) is 9.03. The molecule has 0 unspecified atom stereocenters. The second kappa shape index (κ2) is 9.12. The third kappa shape index (κ3) is 3.80. The van der Waals surface area contributed by atoms with Crippen LogP contribution >= 0.6 is 0 Å². The zero-order chi connectivity index (χ0) is 28.6. The summed E-state index contributed by atoms with van der Waals surface area (Å²) in [5.74, 6) is 0.444. The molecular formula is C39H33N3. The molecule has 0 aliphatic heterocycles. The minimum absolute atomic E-state index is 0.124. The van der Waals surface area contributed by atoms with Crippen molar-refractivity contribution >= 4 is 60.0 Å². The lowest BCUT2D eigenvalue weighted by atomic mass is 9.82. The van der Waals surface area contributed by atoms with E-state index in [1.807, 2.05) is 0 Å². The summed E-state index contributed by atoms with van der Waals surface area (Å²) in [6.45, 7) is 9.10. The minimum Gasteiger partial charge on any atom is -0.292 e. The first-order chi connectivity index (χ1) is 20.4. The molecule has 204 valence electrons. The van der Waals surface area contributed by atoms with Gasteiger partial charge in [0.05, 0.1) is 22.1 Å². The molecular weight excluding hydrogens is 510 g/mol. The molecule has 0 saturated carbocycles. The molecule has 3 aromatic heterocycles. The van der Waals surface area contributed by atoms with Crippen LogP contribution in [0.2, 0.25) is 0 Å². The van der Waals surface area contributed by atoms with Gasteiger partial charge in [0.15, 0.2) is 0 Å². The van der Waals surface area contributed by atoms with Gasteiger partial charge < -0.3 is 0 Å². The standard InChI is InChI=1S/C39H33N3/c1-24(2)28-15-17-30-35(22-28)42-34-19-13-25(23-39(3,4)36-20-16-27-10-6-8-12-32(27)40-36)21-33(34)41-38(42)31-18-14-26-9-5-7-11-29(26)37(30)31/h5-22,24H,23H2,1-4H3. The van der Waals surface area contributed by atoms with Gasteiger partial charge in [-0.05, 0) is 70.6 Å². The van der Waals surface area contributed by atoms with Gasteiger partial charge in [0.2, 0.25) is 0 Å². The van der Waals surface area contributed by atoms with E-state index in [0.717, 1.165) is 34.3 Å². The highest BCUT2D eigenvalue weighted by atomic mass is 15.0. The number of rotatable bonds is 4. The van der Waals surface area contributed by atoms with Crippen LogP contribution < -0.4 is 0 Å². The molecule has 0 atom stereocenters. The number of pyridine rings is 2. The number of hydrogen-bond donors (Lipinski definition) is 0. The first-order valence-electron chi connectivity index (χ1n) is 14.9. The third-order valence-corrected chi connectivity index (χ3v) is 9.03. The summed E-state index contributed by atoms with van der Waals surface area (Å²) in [6.07, 6.45) is 0.881. The topological polar surface area (TPSA) is 30.2 Å². The zero-order valence-corrected chi connectivity index (χ0v) is 24.5. The Kier molecular flexibility index (Phi) is 5.43. The van der Waals surface area contributed by atoms with Gasteiger partial charge in [0.25, 0.3) is 0 Å². The van der Waals surface area contributed by atoms with Crippen LogP contribution in [0.1, 0.15) is 50.4 Å². The molecule has 3 heteroatoms. The van der Waals surface area contributed by atoms with Crippen molar-refractivity contribution in [2.75, 3.05) is 0 Å².